The Hall–Kier alpha value is -2.45. The molecule has 0 spiro atoms. The quantitative estimate of drug-likeness (QED) is 0.760. The van der Waals surface area contributed by atoms with Crippen LogP contribution in [-0.4, -0.2) is 62.7 Å². The Morgan fingerprint density at radius 2 is 2.13 bits per heavy atom. The molecule has 1 aromatic carbocycles. The normalized spacial score (nSPS) is 19.3. The zero-order chi connectivity index (χ0) is 22.1. The predicted molar refractivity (Wildman–Crippen MR) is 113 cm³/mol. The van der Waals surface area contributed by atoms with Crippen molar-refractivity contribution in [3.63, 3.8) is 0 Å². The molecule has 2 aromatic rings. The van der Waals surface area contributed by atoms with Crippen LogP contribution < -0.4 is 0 Å². The second-order valence-corrected chi connectivity index (χ2v) is 8.82. The fourth-order valence-corrected chi connectivity index (χ4v) is 4.68. The van der Waals surface area contributed by atoms with Gasteiger partial charge < -0.3 is 10.0 Å². The van der Waals surface area contributed by atoms with Crippen LogP contribution in [-0.2, 0) is 29.1 Å². The molecule has 1 unspecified atom stereocenters. The molecule has 2 aliphatic heterocycles. The Morgan fingerprint density at radius 1 is 1.32 bits per heavy atom. The fraction of sp³-hybridized carbons (Fsp3) is 0.500. The number of likely N-dealkylation sites (tertiary alicyclic amines) is 1. The van der Waals surface area contributed by atoms with E-state index in [2.05, 4.69) is 5.10 Å². The number of carbonyl (C=O) groups is 2. The maximum absolute atomic E-state index is 14.3. The molecule has 1 atom stereocenters. The number of nitrogens with zero attached hydrogens (tertiary/aromatic N) is 4. The lowest BCUT2D eigenvalue weighted by atomic mass is 9.98. The summed E-state index contributed by atoms with van der Waals surface area (Å²) in [6.45, 7) is 4.59. The van der Waals surface area contributed by atoms with Crippen LogP contribution in [0.25, 0.3) is 0 Å². The van der Waals surface area contributed by atoms with Crippen LogP contribution in [0.4, 0.5) is 4.39 Å². The van der Waals surface area contributed by atoms with Crippen molar-refractivity contribution in [2.45, 2.75) is 39.3 Å². The van der Waals surface area contributed by atoms with Gasteiger partial charge in [0.05, 0.1) is 36.9 Å². The summed E-state index contributed by atoms with van der Waals surface area (Å²) in [5.74, 6) is -1.60. The molecule has 1 amide bonds. The van der Waals surface area contributed by atoms with Gasteiger partial charge in [0.25, 0.3) is 0 Å². The number of carboxylic acids is 1. The molecule has 0 radical (unpaired) electrons. The molecule has 9 heteroatoms. The molecule has 4 rings (SSSR count). The zero-order valence-corrected chi connectivity index (χ0v) is 18.2. The first-order chi connectivity index (χ1) is 14.8. The van der Waals surface area contributed by atoms with Crippen molar-refractivity contribution in [2.24, 2.45) is 5.92 Å². The van der Waals surface area contributed by atoms with Gasteiger partial charge in [-0.05, 0) is 50.4 Å². The van der Waals surface area contributed by atoms with Crippen molar-refractivity contribution in [1.82, 2.24) is 19.6 Å². The van der Waals surface area contributed by atoms with E-state index in [9.17, 15) is 19.1 Å². The van der Waals surface area contributed by atoms with Crippen molar-refractivity contribution in [3.05, 3.63) is 51.6 Å². The van der Waals surface area contributed by atoms with Crippen LogP contribution in [0.2, 0.25) is 5.02 Å². The van der Waals surface area contributed by atoms with Gasteiger partial charge in [-0.1, -0.05) is 17.7 Å². The maximum atomic E-state index is 14.3. The summed E-state index contributed by atoms with van der Waals surface area (Å²) < 4.78 is 16.1. The number of carboxylic acid groups (broad SMARTS) is 1. The number of carbonyl (C=O) groups excluding carboxylic acids is 1. The number of piperidine rings is 1. The highest BCUT2D eigenvalue weighted by Crippen LogP contribution is 2.25. The predicted octanol–water partition coefficient (Wildman–Crippen LogP) is 2.71. The zero-order valence-electron chi connectivity index (χ0n) is 17.5. The van der Waals surface area contributed by atoms with Gasteiger partial charge in [0.15, 0.2) is 0 Å². The van der Waals surface area contributed by atoms with Gasteiger partial charge in [-0.2, -0.15) is 5.10 Å². The third-order valence-corrected chi connectivity index (χ3v) is 6.48. The molecular formula is C22H26ClFN4O3. The second kappa shape index (κ2) is 8.96. The van der Waals surface area contributed by atoms with Crippen LogP contribution in [0.1, 0.15) is 35.4 Å². The highest BCUT2D eigenvalue weighted by atomic mass is 35.5. The Balaban J connectivity index is 1.46. The first-order valence-corrected chi connectivity index (χ1v) is 10.9. The average Bonchev–Trinajstić information content (AvgIpc) is 3.05. The highest BCUT2D eigenvalue weighted by Gasteiger charge is 2.30. The fourth-order valence-electron chi connectivity index (χ4n) is 4.52. The summed E-state index contributed by atoms with van der Waals surface area (Å²) in [4.78, 5) is 28.0. The van der Waals surface area contributed by atoms with E-state index in [0.717, 1.165) is 29.9 Å². The summed E-state index contributed by atoms with van der Waals surface area (Å²) >= 11 is 5.86. The van der Waals surface area contributed by atoms with Crippen molar-refractivity contribution in [3.8, 4) is 0 Å². The van der Waals surface area contributed by atoms with E-state index in [-0.39, 0.29) is 24.8 Å². The summed E-state index contributed by atoms with van der Waals surface area (Å²) in [6.07, 6.45) is 2.15. The smallest absolute Gasteiger partial charge is 0.307 e. The molecule has 0 bridgehead atoms. The van der Waals surface area contributed by atoms with Crippen molar-refractivity contribution >= 4 is 23.5 Å². The second-order valence-electron chi connectivity index (χ2n) is 8.38. The van der Waals surface area contributed by atoms with E-state index < -0.39 is 11.9 Å². The minimum absolute atomic E-state index is 0.0141. The summed E-state index contributed by atoms with van der Waals surface area (Å²) in [6, 6.07) is 4.60. The van der Waals surface area contributed by atoms with Gasteiger partial charge in [0.1, 0.15) is 5.82 Å². The standard InChI is InChI=1S/C22H26ClFN4O3/c1-14-18-6-8-27(21(29)13-26-7-2-3-16(10-26)22(30)31)12-20(18)28(25-14)11-15-4-5-17(23)9-19(15)24/h4-5,9,16H,2-3,6-8,10-13H2,1H3,(H,30,31). The lowest BCUT2D eigenvalue weighted by Gasteiger charge is -2.33. The van der Waals surface area contributed by atoms with Crippen LogP contribution >= 0.6 is 11.6 Å². The van der Waals surface area contributed by atoms with E-state index in [1.807, 2.05) is 11.8 Å². The number of benzene rings is 1. The Labute approximate surface area is 185 Å². The molecule has 1 N–H and O–H groups in total. The average molecular weight is 449 g/mol. The number of hydrogen-bond acceptors (Lipinski definition) is 4. The van der Waals surface area contributed by atoms with Crippen LogP contribution in [0.15, 0.2) is 18.2 Å². The number of aromatic nitrogens is 2. The first-order valence-electron chi connectivity index (χ1n) is 10.5. The number of rotatable bonds is 5. The SMILES string of the molecule is Cc1nn(Cc2ccc(Cl)cc2F)c2c1CCN(C(=O)CN1CCCC(C(=O)O)C1)C2. The molecule has 31 heavy (non-hydrogen) atoms. The van der Waals surface area contributed by atoms with Crippen molar-refractivity contribution < 1.29 is 19.1 Å². The number of halogens is 2. The third kappa shape index (κ3) is 4.75. The Bertz CT molecular complexity index is 1010. The molecule has 0 aliphatic carbocycles. The van der Waals surface area contributed by atoms with E-state index in [4.69, 9.17) is 11.6 Å². The Morgan fingerprint density at radius 3 is 2.87 bits per heavy atom. The van der Waals surface area contributed by atoms with Gasteiger partial charge in [-0.3, -0.25) is 19.2 Å². The summed E-state index contributed by atoms with van der Waals surface area (Å²) in [5, 5.41) is 14.2. The van der Waals surface area contributed by atoms with Gasteiger partial charge in [-0.25, -0.2) is 4.39 Å². The topological polar surface area (TPSA) is 78.7 Å². The van der Waals surface area contributed by atoms with Crippen LogP contribution in [0, 0.1) is 18.7 Å². The molecule has 1 saturated heterocycles. The molecular weight excluding hydrogens is 423 g/mol. The number of fused-ring (bicyclic) bond motifs is 1. The largest absolute Gasteiger partial charge is 0.481 e. The number of aliphatic carboxylic acids is 1. The van der Waals surface area contributed by atoms with Gasteiger partial charge in [-0.15, -0.1) is 0 Å². The van der Waals surface area contributed by atoms with E-state index in [0.29, 0.717) is 43.1 Å². The minimum Gasteiger partial charge on any atom is -0.481 e. The highest BCUT2D eigenvalue weighted by molar-refractivity contribution is 6.30. The lowest BCUT2D eigenvalue weighted by Crippen LogP contribution is -2.46. The molecule has 0 saturated carbocycles. The summed E-state index contributed by atoms with van der Waals surface area (Å²) in [5.41, 5.74) is 3.43. The van der Waals surface area contributed by atoms with Crippen molar-refractivity contribution in [2.75, 3.05) is 26.2 Å². The lowest BCUT2D eigenvalue weighted by molar-refractivity contribution is -0.145. The van der Waals surface area contributed by atoms with Gasteiger partial charge >= 0.3 is 5.97 Å². The third-order valence-electron chi connectivity index (χ3n) is 6.24. The van der Waals surface area contributed by atoms with Gasteiger partial charge in [0, 0.05) is 23.7 Å². The van der Waals surface area contributed by atoms with Crippen LogP contribution in [0.5, 0.6) is 0 Å². The first kappa shape index (κ1) is 21.8. The van der Waals surface area contributed by atoms with E-state index in [1.54, 1.807) is 21.7 Å². The van der Waals surface area contributed by atoms with E-state index in [1.165, 1.54) is 6.07 Å². The molecule has 1 fully saturated rings. The number of amides is 1. The maximum Gasteiger partial charge on any atom is 0.307 e. The van der Waals surface area contributed by atoms with Crippen molar-refractivity contribution in [1.29, 1.82) is 0 Å². The van der Waals surface area contributed by atoms with E-state index >= 15 is 0 Å². The molecule has 166 valence electrons. The minimum atomic E-state index is -0.798. The monoisotopic (exact) mass is 448 g/mol. The number of hydrogen-bond donors (Lipinski definition) is 1. The summed E-state index contributed by atoms with van der Waals surface area (Å²) in [7, 11) is 0. The Kier molecular flexibility index (Phi) is 6.29. The molecule has 7 nitrogen and oxygen atoms in total. The molecule has 3 heterocycles. The molecule has 1 aromatic heterocycles. The molecule has 2 aliphatic rings. The number of aryl methyl sites for hydroxylation is 1. The van der Waals surface area contributed by atoms with Gasteiger partial charge in [0.2, 0.25) is 5.91 Å². The van der Waals surface area contributed by atoms with Crippen LogP contribution in [0.3, 0.4) is 0 Å².